The highest BCUT2D eigenvalue weighted by molar-refractivity contribution is 7.88. The zero-order valence-corrected chi connectivity index (χ0v) is 13.9. The van der Waals surface area contributed by atoms with E-state index in [1.165, 1.54) is 5.56 Å². The summed E-state index contributed by atoms with van der Waals surface area (Å²) in [5, 5.41) is 2.59. The minimum atomic E-state index is -3.25. The van der Waals surface area contributed by atoms with Crippen LogP contribution in [0.2, 0.25) is 0 Å². The van der Waals surface area contributed by atoms with Crippen LogP contribution < -0.4 is 10.0 Å². The average Bonchev–Trinajstić information content (AvgIpc) is 3.00. The molecule has 0 bridgehead atoms. The molecule has 0 saturated heterocycles. The van der Waals surface area contributed by atoms with E-state index in [1.54, 1.807) is 12.1 Å². The summed E-state index contributed by atoms with van der Waals surface area (Å²) in [7, 11) is -3.25. The van der Waals surface area contributed by atoms with E-state index in [9.17, 15) is 13.2 Å². The molecule has 124 valence electrons. The van der Waals surface area contributed by atoms with Crippen molar-refractivity contribution in [1.29, 1.82) is 0 Å². The van der Waals surface area contributed by atoms with Crippen molar-refractivity contribution in [1.82, 2.24) is 10.0 Å². The van der Waals surface area contributed by atoms with Crippen LogP contribution in [0.15, 0.2) is 40.8 Å². The van der Waals surface area contributed by atoms with E-state index in [0.29, 0.717) is 5.76 Å². The fourth-order valence-electron chi connectivity index (χ4n) is 2.02. The van der Waals surface area contributed by atoms with Crippen LogP contribution in [0.3, 0.4) is 0 Å². The van der Waals surface area contributed by atoms with E-state index < -0.39 is 10.0 Å². The van der Waals surface area contributed by atoms with Crippen molar-refractivity contribution >= 4 is 15.9 Å². The Kier molecular flexibility index (Phi) is 5.57. The Morgan fingerprint density at radius 3 is 2.39 bits per heavy atom. The number of carbonyl (C=O) groups is 1. The zero-order valence-electron chi connectivity index (χ0n) is 13.1. The SMILES string of the molecule is CCc1ccc(-c2ccc(C(=O)NCCNS(C)(=O)=O)o2)cc1. The number of carbonyl (C=O) groups excluding carboxylic acids is 1. The lowest BCUT2D eigenvalue weighted by Gasteiger charge is -2.04. The molecule has 0 spiro atoms. The molecule has 1 amide bonds. The first-order valence-corrected chi connectivity index (χ1v) is 9.20. The minimum Gasteiger partial charge on any atom is -0.451 e. The van der Waals surface area contributed by atoms with Gasteiger partial charge >= 0.3 is 0 Å². The van der Waals surface area contributed by atoms with Gasteiger partial charge in [0.05, 0.1) is 6.26 Å². The smallest absolute Gasteiger partial charge is 0.287 e. The Morgan fingerprint density at radius 1 is 1.09 bits per heavy atom. The molecular formula is C16H20N2O4S. The van der Waals surface area contributed by atoms with Crippen molar-refractivity contribution in [2.75, 3.05) is 19.3 Å². The Labute approximate surface area is 135 Å². The van der Waals surface area contributed by atoms with Gasteiger partial charge in [0.1, 0.15) is 5.76 Å². The number of hydrogen-bond donors (Lipinski definition) is 2. The maximum atomic E-state index is 11.9. The van der Waals surface area contributed by atoms with Crippen molar-refractivity contribution in [3.63, 3.8) is 0 Å². The first kappa shape index (κ1) is 17.2. The highest BCUT2D eigenvalue weighted by atomic mass is 32.2. The molecule has 2 rings (SSSR count). The Morgan fingerprint density at radius 2 is 1.78 bits per heavy atom. The number of furan rings is 1. The van der Waals surface area contributed by atoms with Gasteiger partial charge in [-0.3, -0.25) is 4.79 Å². The van der Waals surface area contributed by atoms with Crippen LogP contribution in [0.25, 0.3) is 11.3 Å². The minimum absolute atomic E-state index is 0.136. The van der Waals surface area contributed by atoms with E-state index in [1.807, 2.05) is 24.3 Å². The summed E-state index contributed by atoms with van der Waals surface area (Å²) in [6.07, 6.45) is 2.03. The molecule has 0 aliphatic carbocycles. The molecule has 0 unspecified atom stereocenters. The molecule has 6 nitrogen and oxygen atoms in total. The number of nitrogens with one attached hydrogen (secondary N) is 2. The van der Waals surface area contributed by atoms with E-state index in [4.69, 9.17) is 4.42 Å². The molecule has 2 aromatic rings. The summed E-state index contributed by atoms with van der Waals surface area (Å²) in [5.41, 5.74) is 2.14. The maximum absolute atomic E-state index is 11.9. The number of hydrogen-bond acceptors (Lipinski definition) is 4. The number of benzene rings is 1. The van der Waals surface area contributed by atoms with Crippen molar-refractivity contribution < 1.29 is 17.6 Å². The molecule has 0 atom stereocenters. The monoisotopic (exact) mass is 336 g/mol. The number of sulfonamides is 1. The third-order valence-corrected chi connectivity index (χ3v) is 3.98. The first-order valence-electron chi connectivity index (χ1n) is 7.31. The van der Waals surface area contributed by atoms with Crippen LogP contribution in [0, 0.1) is 0 Å². The fraction of sp³-hybridized carbons (Fsp3) is 0.312. The molecule has 0 aliphatic heterocycles. The largest absolute Gasteiger partial charge is 0.451 e. The van der Waals surface area contributed by atoms with Gasteiger partial charge in [-0.05, 0) is 24.1 Å². The van der Waals surface area contributed by atoms with E-state index in [-0.39, 0.29) is 24.8 Å². The summed E-state index contributed by atoms with van der Waals surface area (Å²) in [6.45, 7) is 2.41. The highest BCUT2D eigenvalue weighted by Gasteiger charge is 2.12. The van der Waals surface area contributed by atoms with Crippen LogP contribution >= 0.6 is 0 Å². The van der Waals surface area contributed by atoms with Crippen molar-refractivity contribution in [3.8, 4) is 11.3 Å². The summed E-state index contributed by atoms with van der Waals surface area (Å²) in [5.74, 6) is 0.433. The first-order chi connectivity index (χ1) is 10.9. The molecule has 1 heterocycles. The van der Waals surface area contributed by atoms with Gasteiger partial charge < -0.3 is 9.73 Å². The van der Waals surface area contributed by atoms with E-state index >= 15 is 0 Å². The van der Waals surface area contributed by atoms with Gasteiger partial charge in [0, 0.05) is 18.7 Å². The van der Waals surface area contributed by atoms with Gasteiger partial charge in [0.25, 0.3) is 5.91 Å². The average molecular weight is 336 g/mol. The molecule has 23 heavy (non-hydrogen) atoms. The lowest BCUT2D eigenvalue weighted by atomic mass is 10.1. The topological polar surface area (TPSA) is 88.4 Å². The maximum Gasteiger partial charge on any atom is 0.287 e. The van der Waals surface area contributed by atoms with Crippen LogP contribution in [0.4, 0.5) is 0 Å². The third kappa shape index (κ3) is 5.22. The Balaban J connectivity index is 1.94. The summed E-state index contributed by atoms with van der Waals surface area (Å²) in [4.78, 5) is 11.9. The van der Waals surface area contributed by atoms with Gasteiger partial charge in [-0.25, -0.2) is 13.1 Å². The second kappa shape index (κ2) is 7.43. The third-order valence-electron chi connectivity index (χ3n) is 3.25. The second-order valence-corrected chi connectivity index (χ2v) is 6.97. The molecule has 1 aromatic heterocycles. The standard InChI is InChI=1S/C16H20N2O4S/c1-3-12-4-6-13(7-5-12)14-8-9-15(22-14)16(19)17-10-11-18-23(2,20)21/h4-9,18H,3,10-11H2,1-2H3,(H,17,19). The summed E-state index contributed by atoms with van der Waals surface area (Å²) < 4.78 is 29.7. The number of rotatable bonds is 7. The van der Waals surface area contributed by atoms with E-state index in [0.717, 1.165) is 18.2 Å². The van der Waals surface area contributed by atoms with Gasteiger partial charge in [0.15, 0.2) is 5.76 Å². The fourth-order valence-corrected chi connectivity index (χ4v) is 2.49. The lowest BCUT2D eigenvalue weighted by molar-refractivity contribution is 0.0927. The van der Waals surface area contributed by atoms with Crippen molar-refractivity contribution in [2.45, 2.75) is 13.3 Å². The quantitative estimate of drug-likeness (QED) is 0.755. The second-order valence-electron chi connectivity index (χ2n) is 5.14. The van der Waals surface area contributed by atoms with Gasteiger partial charge in [-0.15, -0.1) is 0 Å². The van der Waals surface area contributed by atoms with Gasteiger partial charge in [-0.2, -0.15) is 0 Å². The number of aryl methyl sites for hydroxylation is 1. The zero-order chi connectivity index (χ0) is 16.9. The number of amides is 1. The van der Waals surface area contributed by atoms with Gasteiger partial charge in [0.2, 0.25) is 10.0 Å². The lowest BCUT2D eigenvalue weighted by Crippen LogP contribution is -2.34. The highest BCUT2D eigenvalue weighted by Crippen LogP contribution is 2.22. The van der Waals surface area contributed by atoms with E-state index in [2.05, 4.69) is 17.0 Å². The predicted octanol–water partition coefficient (Wildman–Crippen LogP) is 1.79. The Bertz CT molecular complexity index is 764. The predicted molar refractivity (Wildman–Crippen MR) is 88.7 cm³/mol. The van der Waals surface area contributed by atoms with Crippen molar-refractivity contribution in [2.24, 2.45) is 0 Å². The van der Waals surface area contributed by atoms with Crippen LogP contribution in [0.1, 0.15) is 23.0 Å². The van der Waals surface area contributed by atoms with Crippen molar-refractivity contribution in [3.05, 3.63) is 47.7 Å². The molecular weight excluding hydrogens is 316 g/mol. The summed E-state index contributed by atoms with van der Waals surface area (Å²) in [6, 6.07) is 11.3. The van der Waals surface area contributed by atoms with Gasteiger partial charge in [-0.1, -0.05) is 31.2 Å². The normalized spacial score (nSPS) is 11.4. The Hall–Kier alpha value is -2.12. The molecule has 0 radical (unpaired) electrons. The molecule has 1 aromatic carbocycles. The molecule has 7 heteroatoms. The summed E-state index contributed by atoms with van der Waals surface area (Å²) >= 11 is 0. The molecule has 0 fully saturated rings. The molecule has 2 N–H and O–H groups in total. The van der Waals surface area contributed by atoms with Crippen LogP contribution in [0.5, 0.6) is 0 Å². The molecule has 0 aliphatic rings. The van der Waals surface area contributed by atoms with Crippen LogP contribution in [-0.2, 0) is 16.4 Å². The van der Waals surface area contributed by atoms with Crippen LogP contribution in [-0.4, -0.2) is 33.7 Å². The molecule has 0 saturated carbocycles.